The van der Waals surface area contributed by atoms with Gasteiger partial charge in [-0.15, -0.1) is 11.5 Å². The maximum absolute atomic E-state index is 11.1. The molecule has 2 nitrogen and oxygen atoms in total. The number of benzene rings is 2. The van der Waals surface area contributed by atoms with Crippen LogP contribution in [0.15, 0.2) is 24.3 Å². The molecule has 204 valence electrons. The van der Waals surface area contributed by atoms with E-state index in [0.29, 0.717) is 0 Å². The molecule has 0 bridgehead atoms. The Bertz CT molecular complexity index is 974. The Morgan fingerprint density at radius 1 is 0.439 bits per heavy atom. The zero-order valence-corrected chi connectivity index (χ0v) is 27.4. The van der Waals surface area contributed by atoms with Gasteiger partial charge >= 0.3 is 26.2 Å². The molecule has 6 rings (SSSR count). The van der Waals surface area contributed by atoms with Crippen LogP contribution in [0.2, 0.25) is 0 Å². The van der Waals surface area contributed by atoms with E-state index in [-0.39, 0.29) is 37.7 Å². The van der Waals surface area contributed by atoms with Gasteiger partial charge in [0.05, 0.1) is 0 Å². The van der Waals surface area contributed by atoms with Crippen LogP contribution in [0.3, 0.4) is 0 Å². The second-order valence-corrected chi connectivity index (χ2v) is 10.8. The predicted octanol–water partition coefficient (Wildman–Crippen LogP) is 7.09. The molecule has 4 saturated carbocycles. The zero-order chi connectivity index (χ0) is 28.8. The van der Waals surface area contributed by atoms with Gasteiger partial charge in [0.15, 0.2) is 0 Å². The van der Waals surface area contributed by atoms with E-state index in [2.05, 4.69) is 77.0 Å². The molecule has 3 heteroatoms. The van der Waals surface area contributed by atoms with Crippen molar-refractivity contribution in [1.29, 1.82) is 0 Å². The van der Waals surface area contributed by atoms with Crippen LogP contribution in [0.1, 0.15) is 46.2 Å². The summed E-state index contributed by atoms with van der Waals surface area (Å²) < 4.78 is 0. The molecule has 0 aliphatic heterocycles. The molecule has 4 fully saturated rings. The van der Waals surface area contributed by atoms with Gasteiger partial charge in [0.25, 0.3) is 0 Å². The van der Waals surface area contributed by atoms with Crippen molar-refractivity contribution in [2.45, 2.75) is 54.4 Å². The average molecular weight is 618 g/mol. The third-order valence-corrected chi connectivity index (χ3v) is 7.41. The smallest absolute Gasteiger partial charge is 0.872 e. The number of rotatable bonds is 3. The van der Waals surface area contributed by atoms with Crippen LogP contribution in [0, 0.1) is 154 Å². The Morgan fingerprint density at radius 2 is 0.756 bits per heavy atom. The molecule has 0 unspecified atom stereocenters. The molecule has 41 heavy (non-hydrogen) atoms. The second-order valence-electron chi connectivity index (χ2n) is 10.8. The Morgan fingerprint density at radius 3 is 1.10 bits per heavy atom. The first kappa shape index (κ1) is 34.4. The van der Waals surface area contributed by atoms with Crippen molar-refractivity contribution >= 4 is 0 Å². The van der Waals surface area contributed by atoms with E-state index in [4.69, 9.17) is 0 Å². The van der Waals surface area contributed by atoms with E-state index in [1.807, 2.05) is 65.8 Å². The third kappa shape index (κ3) is 9.21. The first-order valence-corrected chi connectivity index (χ1v) is 13.9. The molecule has 0 amide bonds. The van der Waals surface area contributed by atoms with Gasteiger partial charge in [-0.1, -0.05) is 57.6 Å². The summed E-state index contributed by atoms with van der Waals surface area (Å²) in [5.74, 6) is 8.80. The number of aryl methyl sites for hydroxylation is 6. The van der Waals surface area contributed by atoms with Crippen LogP contribution in [0.4, 0.5) is 0 Å². The topological polar surface area (TPSA) is 46.1 Å². The van der Waals surface area contributed by atoms with Gasteiger partial charge in [-0.2, -0.15) is 0 Å². The summed E-state index contributed by atoms with van der Waals surface area (Å²) in [6, 6.07) is 7.65. The van der Waals surface area contributed by atoms with Crippen molar-refractivity contribution in [3.8, 4) is 11.5 Å². The minimum atomic E-state index is 0. The number of hydrogen-bond acceptors (Lipinski definition) is 2. The standard InChI is InChI=1S/C20H16.2C9H12O.Zr/c1-3-7-19-15(5-1)9-11-17(19)13-14-18-12-10-16-6-2-4-8-20(16)18;2*1-6-4-7(2)9(10)8(3)5-6;/h1-12H,13-14H2;2*4-5,10H,1-3H3;/q;;;+4/p-2. The van der Waals surface area contributed by atoms with Gasteiger partial charge in [-0.3, -0.25) is 0 Å². The maximum atomic E-state index is 11.1. The Labute approximate surface area is 271 Å². The summed E-state index contributed by atoms with van der Waals surface area (Å²) in [6.45, 7) is 11.4. The van der Waals surface area contributed by atoms with E-state index in [1.165, 1.54) is 35.5 Å². The fraction of sp³-hybridized carbons (Fsp3) is 0.211. The predicted molar refractivity (Wildman–Crippen MR) is 160 cm³/mol. The summed E-state index contributed by atoms with van der Waals surface area (Å²) in [7, 11) is 0. The molecule has 0 heterocycles. The van der Waals surface area contributed by atoms with Crippen LogP contribution in [-0.4, -0.2) is 0 Å². The third-order valence-electron chi connectivity index (χ3n) is 7.41. The van der Waals surface area contributed by atoms with Gasteiger partial charge in [-0.25, -0.2) is 0 Å². The van der Waals surface area contributed by atoms with Crippen LogP contribution in [0.5, 0.6) is 11.5 Å². The normalized spacial score (nSPS) is 20.3. The summed E-state index contributed by atoms with van der Waals surface area (Å²) >= 11 is 0. The molecule has 0 saturated heterocycles. The monoisotopic (exact) mass is 616 g/mol. The van der Waals surface area contributed by atoms with E-state index in [1.54, 1.807) is 0 Å². The maximum Gasteiger partial charge on any atom is 4.00 e. The van der Waals surface area contributed by atoms with Crippen LogP contribution in [-0.2, 0) is 26.2 Å². The SMILES string of the molecule is Cc1cc(C)c([O-])c(C)c1.Cc1cc(C)c([O-])c(C)c1.[CH]1[CH][CH][C]2[C]([CH]1)[CH][CH][C]2CC[C]1[CH][CH][C]2[CH][CH][CH][CH][C]21.[Zr+4]. The first-order chi connectivity index (χ1) is 19.1. The Hall–Kier alpha value is -1.08. The van der Waals surface area contributed by atoms with Crippen molar-refractivity contribution in [2.24, 2.45) is 0 Å². The van der Waals surface area contributed by atoms with Crippen molar-refractivity contribution in [3.05, 3.63) is 170 Å². The number of fused-ring (bicyclic) bond motifs is 2. The fourth-order valence-corrected chi connectivity index (χ4v) is 5.47. The fourth-order valence-electron chi connectivity index (χ4n) is 5.47. The molecular formula is C38H38O2Zr+2. The van der Waals surface area contributed by atoms with E-state index in [0.717, 1.165) is 46.2 Å². The molecule has 0 N–H and O–H groups in total. The molecule has 18 radical (unpaired) electrons. The van der Waals surface area contributed by atoms with Gasteiger partial charge in [0.1, 0.15) is 0 Å². The summed E-state index contributed by atoms with van der Waals surface area (Å²) in [5.41, 5.74) is 5.70. The molecule has 0 atom stereocenters. The van der Waals surface area contributed by atoms with Crippen molar-refractivity contribution in [1.82, 2.24) is 0 Å². The number of hydrogen-bond donors (Lipinski definition) is 0. The molecule has 4 aliphatic rings. The van der Waals surface area contributed by atoms with E-state index < -0.39 is 0 Å². The van der Waals surface area contributed by atoms with E-state index in [9.17, 15) is 10.2 Å². The zero-order valence-electron chi connectivity index (χ0n) is 25.0. The van der Waals surface area contributed by atoms with Crippen LogP contribution in [0.25, 0.3) is 0 Å². The van der Waals surface area contributed by atoms with Gasteiger partial charge in [-0.05, 0) is 167 Å². The molecule has 2 aromatic rings. The summed E-state index contributed by atoms with van der Waals surface area (Å²) in [5, 5.41) is 22.2. The molecule has 2 aromatic carbocycles. The van der Waals surface area contributed by atoms with Crippen LogP contribution >= 0.6 is 0 Å². The molecular weight excluding hydrogens is 580 g/mol. The van der Waals surface area contributed by atoms with Gasteiger partial charge in [0.2, 0.25) is 0 Å². The largest absolute Gasteiger partial charge is 4.00 e. The van der Waals surface area contributed by atoms with E-state index >= 15 is 0 Å². The van der Waals surface area contributed by atoms with Crippen molar-refractivity contribution < 1.29 is 36.4 Å². The molecule has 0 aromatic heterocycles. The summed E-state index contributed by atoms with van der Waals surface area (Å²) in [4.78, 5) is 0. The quantitative estimate of drug-likeness (QED) is 0.369. The molecule has 4 aliphatic carbocycles. The second kappa shape index (κ2) is 16.1. The summed E-state index contributed by atoms with van der Waals surface area (Å²) in [6.07, 6.45) is 28.5. The van der Waals surface area contributed by atoms with Gasteiger partial charge < -0.3 is 10.2 Å². The minimum Gasteiger partial charge on any atom is -0.872 e. The van der Waals surface area contributed by atoms with Crippen LogP contribution < -0.4 is 10.2 Å². The minimum absolute atomic E-state index is 0. The van der Waals surface area contributed by atoms with Gasteiger partial charge in [0, 0.05) is 0 Å². The first-order valence-electron chi connectivity index (χ1n) is 13.9. The van der Waals surface area contributed by atoms with Crippen molar-refractivity contribution in [2.75, 3.05) is 0 Å². The van der Waals surface area contributed by atoms with Crippen molar-refractivity contribution in [3.63, 3.8) is 0 Å². The average Bonchev–Trinajstić information content (AvgIpc) is 3.54. The Kier molecular flexibility index (Phi) is 13.5. The molecule has 0 spiro atoms. The Balaban J connectivity index is 0.000000187.